The number of fused-ring (bicyclic) bond motifs is 5. The van der Waals surface area contributed by atoms with Gasteiger partial charge in [-0.25, -0.2) is 0 Å². The fraction of sp³-hybridized carbons (Fsp3) is 0.104. The molecule has 3 aliphatic rings. The second-order valence-electron chi connectivity index (χ2n) is 18.7. The number of rotatable bonds is 11. The van der Waals surface area contributed by atoms with Gasteiger partial charge in [-0.15, -0.1) is 0 Å². The summed E-state index contributed by atoms with van der Waals surface area (Å²) in [5, 5.41) is 0. The van der Waals surface area contributed by atoms with Crippen molar-refractivity contribution < 1.29 is 0 Å². The molecule has 0 radical (unpaired) electrons. The van der Waals surface area contributed by atoms with Crippen molar-refractivity contribution in [3.63, 3.8) is 0 Å². The maximum atomic E-state index is 2.49. The first-order valence-corrected chi connectivity index (χ1v) is 24.9. The molecule has 0 amide bonds. The molecule has 0 N–H and O–H groups in total. The van der Waals surface area contributed by atoms with Crippen LogP contribution in [0.15, 0.2) is 248 Å². The maximum Gasteiger partial charge on any atom is 0.0703 e. The number of anilines is 9. The Morgan fingerprint density at radius 1 is 0.414 bits per heavy atom. The van der Waals surface area contributed by atoms with E-state index in [-0.39, 0.29) is 5.41 Å². The lowest BCUT2D eigenvalue weighted by molar-refractivity contribution is 0.490. The molecule has 0 saturated carbocycles. The summed E-state index contributed by atoms with van der Waals surface area (Å²) in [6.45, 7) is 4.73. The summed E-state index contributed by atoms with van der Waals surface area (Å²) in [7, 11) is 0. The lowest BCUT2D eigenvalue weighted by Gasteiger charge is -2.41. The molecule has 0 aromatic heterocycles. The topological polar surface area (TPSA) is 9.72 Å². The van der Waals surface area contributed by atoms with E-state index in [0.29, 0.717) is 0 Å². The van der Waals surface area contributed by atoms with E-state index >= 15 is 0 Å². The average Bonchev–Trinajstić information content (AvgIpc) is 3.71. The minimum Gasteiger partial charge on any atom is -0.310 e. The lowest BCUT2D eigenvalue weighted by Crippen LogP contribution is -2.24. The van der Waals surface area contributed by atoms with Gasteiger partial charge < -0.3 is 14.7 Å². The van der Waals surface area contributed by atoms with E-state index < -0.39 is 0 Å². The number of para-hydroxylation sites is 7. The molecular weight excluding hydrogens is 847 g/mol. The second kappa shape index (κ2) is 18.3. The van der Waals surface area contributed by atoms with Crippen molar-refractivity contribution in [2.24, 2.45) is 0 Å². The molecule has 12 rings (SSSR count). The fourth-order valence-corrected chi connectivity index (χ4v) is 11.4. The summed E-state index contributed by atoms with van der Waals surface area (Å²) in [6, 6.07) is 82.0. The molecule has 2 aliphatic carbocycles. The third kappa shape index (κ3) is 7.46. The lowest BCUT2D eigenvalue weighted by atomic mass is 9.73. The van der Waals surface area contributed by atoms with Crippen molar-refractivity contribution in [3.8, 4) is 22.3 Å². The van der Waals surface area contributed by atoms with E-state index in [4.69, 9.17) is 0 Å². The highest BCUT2D eigenvalue weighted by Crippen LogP contribution is 2.57. The molecule has 3 nitrogen and oxygen atoms in total. The van der Waals surface area contributed by atoms with E-state index in [9.17, 15) is 0 Å². The Hall–Kier alpha value is -8.40. The van der Waals surface area contributed by atoms with Crippen molar-refractivity contribution in [2.45, 2.75) is 44.9 Å². The molecule has 1 heterocycles. The quantitative estimate of drug-likeness (QED) is 0.128. The Labute approximate surface area is 413 Å². The van der Waals surface area contributed by atoms with Crippen molar-refractivity contribution in [2.75, 3.05) is 14.7 Å². The maximum absolute atomic E-state index is 2.49. The Bertz CT molecular complexity index is 3370. The first-order chi connectivity index (χ1) is 34.6. The summed E-state index contributed by atoms with van der Waals surface area (Å²) < 4.78 is 0. The van der Waals surface area contributed by atoms with Crippen LogP contribution in [0, 0.1) is 0 Å². The Morgan fingerprint density at radius 3 is 1.53 bits per heavy atom. The Balaban J connectivity index is 0.884. The molecule has 0 fully saturated rings. The molecule has 3 heteroatoms. The van der Waals surface area contributed by atoms with Crippen molar-refractivity contribution in [3.05, 3.63) is 271 Å². The van der Waals surface area contributed by atoms with Gasteiger partial charge in [-0.05, 0) is 155 Å². The highest BCUT2D eigenvalue weighted by atomic mass is 15.3. The molecule has 0 atom stereocenters. The minimum atomic E-state index is -0.0751. The van der Waals surface area contributed by atoms with Gasteiger partial charge in [0.25, 0.3) is 0 Å². The van der Waals surface area contributed by atoms with E-state index in [2.05, 4.69) is 277 Å². The minimum absolute atomic E-state index is 0.0751. The molecule has 1 aliphatic heterocycles. The van der Waals surface area contributed by atoms with Gasteiger partial charge in [-0.3, -0.25) is 0 Å². The smallest absolute Gasteiger partial charge is 0.0703 e. The van der Waals surface area contributed by atoms with Crippen LogP contribution in [0.5, 0.6) is 0 Å². The first-order valence-electron chi connectivity index (χ1n) is 24.9. The van der Waals surface area contributed by atoms with Gasteiger partial charge in [0.2, 0.25) is 0 Å². The summed E-state index contributed by atoms with van der Waals surface area (Å²) >= 11 is 0. The molecule has 338 valence electrons. The zero-order valence-corrected chi connectivity index (χ0v) is 39.8. The zero-order chi connectivity index (χ0) is 47.0. The normalized spacial score (nSPS) is 14.3. The molecular formula is C67H55N3. The van der Waals surface area contributed by atoms with Gasteiger partial charge in [0.15, 0.2) is 0 Å². The molecule has 9 aromatic carbocycles. The highest BCUT2D eigenvalue weighted by Gasteiger charge is 2.41. The van der Waals surface area contributed by atoms with Crippen LogP contribution in [0.1, 0.15) is 61.8 Å². The van der Waals surface area contributed by atoms with Crippen LogP contribution in [0.4, 0.5) is 51.2 Å². The van der Waals surface area contributed by atoms with Crippen LogP contribution in [0.2, 0.25) is 0 Å². The standard InChI is InChI=1S/C67H55N3/c1-3-67(4-2)60-45-49(37-42-58(60)59-44-41-56(47-61(59)67)68(53-23-11-6-12-24-53)54-25-13-7-14-26-54)34-33-48-35-38-51(39-36-48)57-43-40-52(50-21-9-5-10-22-50)46-66(57)70-64-31-19-17-29-62(64)69(55-27-15-8-16-28-55)63-30-18-20-32-65(63)70/h5-35,37-38,40-47H,3-4,36,39H2,1-2H3/b34-33+. The van der Waals surface area contributed by atoms with E-state index in [1.807, 2.05) is 0 Å². The zero-order valence-electron chi connectivity index (χ0n) is 39.8. The third-order valence-corrected chi connectivity index (χ3v) is 15.0. The van der Waals surface area contributed by atoms with Crippen molar-refractivity contribution >= 4 is 62.8 Å². The van der Waals surface area contributed by atoms with Crippen LogP contribution < -0.4 is 14.7 Å². The van der Waals surface area contributed by atoms with E-state index in [0.717, 1.165) is 65.5 Å². The summed E-state index contributed by atoms with van der Waals surface area (Å²) in [5.41, 5.74) is 23.5. The van der Waals surface area contributed by atoms with Gasteiger partial charge in [0, 0.05) is 33.7 Å². The van der Waals surface area contributed by atoms with E-state index in [1.54, 1.807) is 0 Å². The predicted octanol–water partition coefficient (Wildman–Crippen LogP) is 19.0. The van der Waals surface area contributed by atoms with Crippen LogP contribution in [-0.4, -0.2) is 0 Å². The molecule has 0 bridgehead atoms. The van der Waals surface area contributed by atoms with Gasteiger partial charge in [0.1, 0.15) is 0 Å². The number of hydrogen-bond donors (Lipinski definition) is 0. The summed E-state index contributed by atoms with van der Waals surface area (Å²) in [4.78, 5) is 7.28. The Kier molecular flexibility index (Phi) is 11.2. The van der Waals surface area contributed by atoms with Gasteiger partial charge in [0.05, 0.1) is 28.4 Å². The monoisotopic (exact) mass is 901 g/mol. The number of nitrogens with zero attached hydrogens (tertiary/aromatic N) is 3. The summed E-state index contributed by atoms with van der Waals surface area (Å²) in [6.07, 6.45) is 13.4. The van der Waals surface area contributed by atoms with Crippen LogP contribution in [-0.2, 0) is 5.41 Å². The molecule has 0 saturated heterocycles. The fourth-order valence-electron chi connectivity index (χ4n) is 11.4. The average molecular weight is 902 g/mol. The number of benzene rings is 9. The molecule has 0 unspecified atom stereocenters. The van der Waals surface area contributed by atoms with Crippen molar-refractivity contribution in [1.82, 2.24) is 0 Å². The predicted molar refractivity (Wildman–Crippen MR) is 297 cm³/mol. The molecule has 9 aromatic rings. The summed E-state index contributed by atoms with van der Waals surface area (Å²) in [5.74, 6) is 0. The van der Waals surface area contributed by atoms with Crippen LogP contribution in [0.25, 0.3) is 33.9 Å². The first kappa shape index (κ1) is 42.9. The van der Waals surface area contributed by atoms with Gasteiger partial charge in [-0.2, -0.15) is 0 Å². The van der Waals surface area contributed by atoms with E-state index in [1.165, 1.54) is 67.0 Å². The second-order valence-corrected chi connectivity index (χ2v) is 18.7. The largest absolute Gasteiger partial charge is 0.310 e. The van der Waals surface area contributed by atoms with Crippen LogP contribution in [0.3, 0.4) is 0 Å². The third-order valence-electron chi connectivity index (χ3n) is 15.0. The molecule has 0 spiro atoms. The van der Waals surface area contributed by atoms with Gasteiger partial charge in [-0.1, -0.05) is 184 Å². The Morgan fingerprint density at radius 2 is 0.943 bits per heavy atom. The van der Waals surface area contributed by atoms with Gasteiger partial charge >= 0.3 is 0 Å². The molecule has 70 heavy (non-hydrogen) atoms. The van der Waals surface area contributed by atoms with Crippen LogP contribution >= 0.6 is 0 Å². The highest BCUT2D eigenvalue weighted by molar-refractivity contribution is 6.03. The van der Waals surface area contributed by atoms with Crippen molar-refractivity contribution in [1.29, 1.82) is 0 Å². The number of hydrogen-bond acceptors (Lipinski definition) is 3. The SMILES string of the molecule is CCC1(CC)c2cc(/C=C/C3=CC=C(c4ccc(-c5ccccc5)cc4N4c5ccccc5N(c5ccccc5)c5ccccc54)CC3)ccc2-c2ccc(N(c3ccccc3)c3ccccc3)cc21. The number of allylic oxidation sites excluding steroid dienone is 5.